The Morgan fingerprint density at radius 1 is 1.24 bits per heavy atom. The van der Waals surface area contributed by atoms with E-state index >= 15 is 0 Å². The molecule has 0 aliphatic rings. The summed E-state index contributed by atoms with van der Waals surface area (Å²) in [6.45, 7) is 7.79. The van der Waals surface area contributed by atoms with Crippen LogP contribution in [0.5, 0.6) is 0 Å². The molecule has 114 valence electrons. The third kappa shape index (κ3) is 3.51. The molecule has 0 amide bonds. The van der Waals surface area contributed by atoms with E-state index in [1.54, 1.807) is 11.3 Å². The standard InChI is InChI=1S/C17H24N2OS/c1-5-17(3,20-6-2)16-19-14(12-18-4)15(21-16)13-10-8-7-9-11-13/h7-11,18H,5-6,12H2,1-4H3. The summed E-state index contributed by atoms with van der Waals surface area (Å²) < 4.78 is 5.97. The number of thiazole rings is 1. The van der Waals surface area contributed by atoms with Gasteiger partial charge in [0.15, 0.2) is 0 Å². The lowest BCUT2D eigenvalue weighted by molar-refractivity contribution is -0.0325. The maximum absolute atomic E-state index is 5.97. The van der Waals surface area contributed by atoms with Gasteiger partial charge in [-0.05, 0) is 32.9 Å². The van der Waals surface area contributed by atoms with Crippen molar-refractivity contribution in [1.82, 2.24) is 10.3 Å². The fourth-order valence-electron chi connectivity index (χ4n) is 2.31. The van der Waals surface area contributed by atoms with Gasteiger partial charge in [-0.3, -0.25) is 0 Å². The van der Waals surface area contributed by atoms with E-state index < -0.39 is 0 Å². The van der Waals surface area contributed by atoms with Crippen molar-refractivity contribution >= 4 is 11.3 Å². The Hall–Kier alpha value is -1.23. The van der Waals surface area contributed by atoms with Crippen LogP contribution in [0.4, 0.5) is 0 Å². The van der Waals surface area contributed by atoms with Crippen LogP contribution in [-0.2, 0) is 16.9 Å². The van der Waals surface area contributed by atoms with E-state index in [0.29, 0.717) is 6.61 Å². The Bertz CT molecular complexity index is 567. The van der Waals surface area contributed by atoms with Gasteiger partial charge in [0, 0.05) is 13.2 Å². The van der Waals surface area contributed by atoms with Crippen LogP contribution in [0.3, 0.4) is 0 Å². The smallest absolute Gasteiger partial charge is 0.125 e. The second kappa shape index (κ2) is 7.16. The molecular formula is C17H24N2OS. The Balaban J connectivity index is 2.46. The van der Waals surface area contributed by atoms with Crippen LogP contribution in [-0.4, -0.2) is 18.6 Å². The maximum Gasteiger partial charge on any atom is 0.125 e. The van der Waals surface area contributed by atoms with Crippen molar-refractivity contribution in [1.29, 1.82) is 0 Å². The van der Waals surface area contributed by atoms with Gasteiger partial charge in [-0.2, -0.15) is 0 Å². The molecule has 0 aliphatic heterocycles. The second-order valence-corrected chi connectivity index (χ2v) is 6.21. The van der Waals surface area contributed by atoms with E-state index in [-0.39, 0.29) is 5.60 Å². The van der Waals surface area contributed by atoms with E-state index in [2.05, 4.69) is 43.4 Å². The molecule has 1 atom stereocenters. The highest BCUT2D eigenvalue weighted by Gasteiger charge is 2.30. The van der Waals surface area contributed by atoms with Gasteiger partial charge in [-0.1, -0.05) is 37.3 Å². The zero-order valence-electron chi connectivity index (χ0n) is 13.3. The minimum absolute atomic E-state index is 0.297. The lowest BCUT2D eigenvalue weighted by Crippen LogP contribution is -2.25. The molecule has 0 spiro atoms. The summed E-state index contributed by atoms with van der Waals surface area (Å²) in [7, 11) is 1.95. The largest absolute Gasteiger partial charge is 0.368 e. The number of hydrogen-bond donors (Lipinski definition) is 1. The molecule has 21 heavy (non-hydrogen) atoms. The van der Waals surface area contributed by atoms with Crippen LogP contribution in [0.25, 0.3) is 10.4 Å². The molecule has 3 nitrogen and oxygen atoms in total. The van der Waals surface area contributed by atoms with Crippen LogP contribution in [0.15, 0.2) is 30.3 Å². The zero-order valence-corrected chi connectivity index (χ0v) is 14.1. The summed E-state index contributed by atoms with van der Waals surface area (Å²) in [5.41, 5.74) is 2.03. The number of benzene rings is 1. The van der Waals surface area contributed by atoms with Crippen LogP contribution < -0.4 is 5.32 Å². The maximum atomic E-state index is 5.97. The Morgan fingerprint density at radius 2 is 1.95 bits per heavy atom. The first-order valence-corrected chi connectivity index (χ1v) is 8.30. The number of rotatable bonds is 7. The normalized spacial score (nSPS) is 14.1. The highest BCUT2D eigenvalue weighted by Crippen LogP contribution is 2.38. The van der Waals surface area contributed by atoms with Crippen molar-refractivity contribution < 1.29 is 4.74 Å². The number of ether oxygens (including phenoxy) is 1. The van der Waals surface area contributed by atoms with Crippen molar-refractivity contribution in [2.75, 3.05) is 13.7 Å². The van der Waals surface area contributed by atoms with Crippen LogP contribution in [0.1, 0.15) is 37.9 Å². The minimum atomic E-state index is -0.297. The Labute approximate surface area is 131 Å². The third-order valence-electron chi connectivity index (χ3n) is 3.67. The molecule has 0 saturated heterocycles. The van der Waals surface area contributed by atoms with Gasteiger partial charge in [-0.25, -0.2) is 4.98 Å². The molecular weight excluding hydrogens is 280 g/mol. The molecule has 1 unspecified atom stereocenters. The molecule has 0 fully saturated rings. The molecule has 2 rings (SSSR count). The van der Waals surface area contributed by atoms with E-state index in [9.17, 15) is 0 Å². The molecule has 4 heteroatoms. The molecule has 1 N–H and O–H groups in total. The van der Waals surface area contributed by atoms with Gasteiger partial charge in [0.1, 0.15) is 10.6 Å². The number of nitrogens with zero attached hydrogens (tertiary/aromatic N) is 1. The zero-order chi connectivity index (χ0) is 15.3. The second-order valence-electron chi connectivity index (χ2n) is 5.21. The molecule has 1 heterocycles. The predicted molar refractivity (Wildman–Crippen MR) is 89.6 cm³/mol. The summed E-state index contributed by atoms with van der Waals surface area (Å²) in [4.78, 5) is 6.10. The molecule has 0 bridgehead atoms. The van der Waals surface area contributed by atoms with Gasteiger partial charge in [0.05, 0.1) is 10.6 Å². The summed E-state index contributed by atoms with van der Waals surface area (Å²) in [5.74, 6) is 0. The number of nitrogens with one attached hydrogen (secondary N) is 1. The third-order valence-corrected chi connectivity index (χ3v) is 5.06. The van der Waals surface area contributed by atoms with Crippen LogP contribution in [0, 0.1) is 0 Å². The first-order valence-electron chi connectivity index (χ1n) is 7.48. The van der Waals surface area contributed by atoms with E-state index in [4.69, 9.17) is 9.72 Å². The van der Waals surface area contributed by atoms with Gasteiger partial charge in [0.2, 0.25) is 0 Å². The lowest BCUT2D eigenvalue weighted by Gasteiger charge is -2.25. The van der Waals surface area contributed by atoms with Crippen LogP contribution >= 0.6 is 11.3 Å². The first-order chi connectivity index (χ1) is 10.1. The van der Waals surface area contributed by atoms with E-state index in [0.717, 1.165) is 23.7 Å². The summed E-state index contributed by atoms with van der Waals surface area (Å²) in [5, 5.41) is 4.28. The van der Waals surface area contributed by atoms with Crippen molar-refractivity contribution in [3.8, 4) is 10.4 Å². The Morgan fingerprint density at radius 3 is 2.52 bits per heavy atom. The minimum Gasteiger partial charge on any atom is -0.368 e. The van der Waals surface area contributed by atoms with E-state index in [1.165, 1.54) is 10.4 Å². The fraction of sp³-hybridized carbons (Fsp3) is 0.471. The topological polar surface area (TPSA) is 34.1 Å². The van der Waals surface area contributed by atoms with Crippen molar-refractivity contribution in [2.45, 2.75) is 39.3 Å². The SMILES string of the molecule is CCOC(C)(CC)c1nc(CNC)c(-c2ccccc2)s1. The van der Waals surface area contributed by atoms with Crippen molar-refractivity contribution in [2.24, 2.45) is 0 Å². The van der Waals surface area contributed by atoms with Crippen molar-refractivity contribution in [3.63, 3.8) is 0 Å². The molecule has 1 aromatic carbocycles. The molecule has 2 aromatic rings. The summed E-state index contributed by atoms with van der Waals surface area (Å²) in [6.07, 6.45) is 0.918. The van der Waals surface area contributed by atoms with E-state index in [1.807, 2.05) is 20.0 Å². The summed E-state index contributed by atoms with van der Waals surface area (Å²) >= 11 is 1.75. The van der Waals surface area contributed by atoms with Crippen molar-refractivity contribution in [3.05, 3.63) is 41.0 Å². The average molecular weight is 304 g/mol. The highest BCUT2D eigenvalue weighted by molar-refractivity contribution is 7.15. The van der Waals surface area contributed by atoms with Gasteiger partial charge >= 0.3 is 0 Å². The molecule has 1 aromatic heterocycles. The lowest BCUT2D eigenvalue weighted by atomic mass is 10.0. The van der Waals surface area contributed by atoms with Gasteiger partial charge < -0.3 is 10.1 Å². The fourth-order valence-corrected chi connectivity index (χ4v) is 3.57. The summed E-state index contributed by atoms with van der Waals surface area (Å²) in [6, 6.07) is 10.5. The van der Waals surface area contributed by atoms with Gasteiger partial charge in [0.25, 0.3) is 0 Å². The quantitative estimate of drug-likeness (QED) is 0.833. The number of hydrogen-bond acceptors (Lipinski definition) is 4. The number of aromatic nitrogens is 1. The monoisotopic (exact) mass is 304 g/mol. The average Bonchev–Trinajstić information content (AvgIpc) is 2.93. The molecule has 0 saturated carbocycles. The van der Waals surface area contributed by atoms with Crippen LogP contribution in [0.2, 0.25) is 0 Å². The molecule has 0 radical (unpaired) electrons. The Kier molecular flexibility index (Phi) is 5.51. The van der Waals surface area contributed by atoms with Gasteiger partial charge in [-0.15, -0.1) is 11.3 Å². The predicted octanol–water partition coefficient (Wildman–Crippen LogP) is 4.19. The first kappa shape index (κ1) is 16.1. The molecule has 0 aliphatic carbocycles. The highest BCUT2D eigenvalue weighted by atomic mass is 32.1.